The van der Waals surface area contributed by atoms with E-state index in [2.05, 4.69) is 14.9 Å². The Morgan fingerprint density at radius 1 is 1.19 bits per heavy atom. The lowest BCUT2D eigenvalue weighted by Gasteiger charge is -2.18. The zero-order chi connectivity index (χ0) is 22.2. The quantitative estimate of drug-likeness (QED) is 0.507. The molecule has 1 fully saturated rings. The molecule has 2 aliphatic rings. The molecule has 2 aromatic rings. The van der Waals surface area contributed by atoms with Crippen molar-refractivity contribution in [1.29, 1.82) is 0 Å². The van der Waals surface area contributed by atoms with Gasteiger partial charge in [-0.2, -0.15) is 4.72 Å². The van der Waals surface area contributed by atoms with E-state index < -0.39 is 33.4 Å². The van der Waals surface area contributed by atoms with Crippen LogP contribution in [-0.2, 0) is 14.8 Å². The third kappa shape index (κ3) is 3.88. The molecule has 0 saturated heterocycles. The van der Waals surface area contributed by atoms with E-state index >= 15 is 0 Å². The zero-order valence-corrected chi connectivity index (χ0v) is 18.4. The van der Waals surface area contributed by atoms with E-state index in [-0.39, 0.29) is 11.5 Å². The number of nitrogens with one attached hydrogen (secondary N) is 2. The number of carbonyl (C=O) groups is 1. The monoisotopic (exact) mass is 445 g/mol. The summed E-state index contributed by atoms with van der Waals surface area (Å²) in [5.41, 5.74) is -0.447. The van der Waals surface area contributed by atoms with E-state index in [1.165, 1.54) is 6.07 Å². The summed E-state index contributed by atoms with van der Waals surface area (Å²) in [4.78, 5) is 14.4. The highest BCUT2D eigenvalue weighted by Gasteiger charge is 2.74. The van der Waals surface area contributed by atoms with Gasteiger partial charge in [-0.1, -0.05) is 30.3 Å². The van der Waals surface area contributed by atoms with Crippen LogP contribution in [0.3, 0.4) is 0 Å². The summed E-state index contributed by atoms with van der Waals surface area (Å²) in [7, 11) is -0.151. The number of carboxylic acid groups (broad SMARTS) is 1. The molecule has 2 aromatic carbocycles. The summed E-state index contributed by atoms with van der Waals surface area (Å²) in [6.07, 6.45) is 0.839. The predicted octanol–water partition coefficient (Wildman–Crippen LogP) is 1.96. The maximum absolute atomic E-state index is 13.3. The summed E-state index contributed by atoms with van der Waals surface area (Å²) in [5.74, 6) is -1.52. The van der Waals surface area contributed by atoms with E-state index in [1.54, 1.807) is 36.4 Å². The number of nitrogens with zero attached hydrogens (tertiary/aromatic N) is 1. The van der Waals surface area contributed by atoms with Crippen LogP contribution < -0.4 is 14.8 Å². The van der Waals surface area contributed by atoms with Gasteiger partial charge < -0.3 is 20.1 Å². The molecule has 4 rings (SSSR count). The van der Waals surface area contributed by atoms with Gasteiger partial charge in [0.15, 0.2) is 0 Å². The lowest BCUT2D eigenvalue weighted by molar-refractivity contribution is -0.140. The number of benzene rings is 2. The second-order valence-corrected chi connectivity index (χ2v) is 9.94. The number of ether oxygens (including phenoxy) is 1. The summed E-state index contributed by atoms with van der Waals surface area (Å²) in [5, 5.41) is 13.2. The molecule has 1 aliphatic heterocycles. The molecule has 166 valence electrons. The van der Waals surface area contributed by atoms with Crippen molar-refractivity contribution in [2.24, 2.45) is 5.92 Å². The van der Waals surface area contributed by atoms with Gasteiger partial charge >= 0.3 is 5.97 Å². The Hall–Kier alpha value is -2.62. The number of hydrogen-bond acceptors (Lipinski definition) is 6. The van der Waals surface area contributed by atoms with Crippen LogP contribution in [0.2, 0.25) is 0 Å². The largest absolute Gasteiger partial charge is 0.493 e. The Morgan fingerprint density at radius 2 is 1.90 bits per heavy atom. The van der Waals surface area contributed by atoms with Crippen LogP contribution >= 0.6 is 0 Å². The fourth-order valence-electron chi connectivity index (χ4n) is 4.41. The molecule has 1 saturated carbocycles. The Labute approximate surface area is 182 Å². The van der Waals surface area contributed by atoms with Crippen LogP contribution in [0.4, 0.5) is 5.69 Å². The van der Waals surface area contributed by atoms with E-state index in [9.17, 15) is 18.3 Å². The Morgan fingerprint density at radius 3 is 2.65 bits per heavy atom. The molecule has 0 aromatic heterocycles. The summed E-state index contributed by atoms with van der Waals surface area (Å²) < 4.78 is 34.9. The lowest BCUT2D eigenvalue weighted by atomic mass is 10.0. The van der Waals surface area contributed by atoms with Crippen molar-refractivity contribution in [1.82, 2.24) is 9.62 Å². The minimum absolute atomic E-state index is 0.0401. The third-order valence-electron chi connectivity index (χ3n) is 5.97. The summed E-state index contributed by atoms with van der Waals surface area (Å²) in [6.45, 7) is 1.62. The maximum atomic E-state index is 13.3. The molecule has 0 spiro atoms. The normalized spacial score (nSPS) is 24.1. The van der Waals surface area contributed by atoms with Gasteiger partial charge in [0, 0.05) is 23.9 Å². The van der Waals surface area contributed by atoms with Crippen molar-refractivity contribution < 1.29 is 23.1 Å². The van der Waals surface area contributed by atoms with E-state index in [0.717, 1.165) is 18.5 Å². The van der Waals surface area contributed by atoms with Crippen molar-refractivity contribution in [2.45, 2.75) is 22.8 Å². The molecule has 9 heteroatoms. The van der Waals surface area contributed by atoms with Gasteiger partial charge in [0.25, 0.3) is 0 Å². The van der Waals surface area contributed by atoms with Crippen molar-refractivity contribution in [3.05, 3.63) is 54.1 Å². The fourth-order valence-corrected chi connectivity index (χ4v) is 6.02. The molecule has 0 amide bonds. The minimum atomic E-state index is -4.10. The molecule has 1 aliphatic carbocycles. The van der Waals surface area contributed by atoms with Gasteiger partial charge in [0.05, 0.1) is 12.3 Å². The molecule has 3 atom stereocenters. The predicted molar refractivity (Wildman–Crippen MR) is 117 cm³/mol. The SMILES string of the molecule is CN(C)CCCNc1ccccc1S(=O)(=O)NC1(C(=O)O)[C@H]2COc3ccccc3[C@@H]21. The van der Waals surface area contributed by atoms with E-state index in [4.69, 9.17) is 4.74 Å². The maximum Gasteiger partial charge on any atom is 0.326 e. The molecule has 0 radical (unpaired) electrons. The minimum Gasteiger partial charge on any atom is -0.493 e. The Kier molecular flexibility index (Phi) is 5.67. The van der Waals surface area contributed by atoms with Gasteiger partial charge in [0.1, 0.15) is 16.2 Å². The van der Waals surface area contributed by atoms with Gasteiger partial charge in [-0.3, -0.25) is 4.79 Å². The topological polar surface area (TPSA) is 108 Å². The number of fused-ring (bicyclic) bond motifs is 3. The number of rotatable bonds is 9. The van der Waals surface area contributed by atoms with Crippen molar-refractivity contribution in [3.63, 3.8) is 0 Å². The van der Waals surface area contributed by atoms with Gasteiger partial charge in [-0.15, -0.1) is 0 Å². The first kappa shape index (κ1) is 21.6. The Bertz CT molecular complexity index is 1090. The highest BCUT2D eigenvalue weighted by atomic mass is 32.2. The highest BCUT2D eigenvalue weighted by Crippen LogP contribution is 2.62. The van der Waals surface area contributed by atoms with Gasteiger partial charge in [-0.25, -0.2) is 8.42 Å². The summed E-state index contributed by atoms with van der Waals surface area (Å²) >= 11 is 0. The van der Waals surface area contributed by atoms with E-state index in [1.807, 2.05) is 20.2 Å². The number of hydrogen-bond donors (Lipinski definition) is 3. The van der Waals surface area contributed by atoms with Gasteiger partial charge in [0.2, 0.25) is 10.0 Å². The molecule has 1 heterocycles. The Balaban J connectivity index is 1.60. The second-order valence-electron chi connectivity index (χ2n) is 8.29. The molecular weight excluding hydrogens is 418 g/mol. The average molecular weight is 446 g/mol. The number of carboxylic acids is 1. The lowest BCUT2D eigenvalue weighted by Crippen LogP contribution is -2.46. The first-order chi connectivity index (χ1) is 14.8. The van der Waals surface area contributed by atoms with Crippen molar-refractivity contribution in [3.8, 4) is 5.75 Å². The third-order valence-corrected chi connectivity index (χ3v) is 7.51. The van der Waals surface area contributed by atoms with Crippen molar-refractivity contribution in [2.75, 3.05) is 39.1 Å². The highest BCUT2D eigenvalue weighted by molar-refractivity contribution is 7.89. The smallest absolute Gasteiger partial charge is 0.326 e. The number of anilines is 1. The molecule has 0 bridgehead atoms. The average Bonchev–Trinajstić information content (AvgIpc) is 3.40. The second kappa shape index (κ2) is 8.14. The molecule has 8 nitrogen and oxygen atoms in total. The number of aliphatic carboxylic acids is 1. The van der Waals surface area contributed by atoms with Crippen LogP contribution in [0.25, 0.3) is 0 Å². The molecule has 1 unspecified atom stereocenters. The summed E-state index contributed by atoms with van der Waals surface area (Å²) in [6, 6.07) is 13.7. The number of para-hydroxylation sites is 2. The molecular formula is C22H27N3O5S. The standard InChI is InChI=1S/C22H27N3O5S/c1-25(2)13-7-12-23-17-9-4-6-11-19(17)31(28,29)24-22(21(26)27)16-14-30-18-10-5-3-8-15(18)20(16)22/h3-6,8-11,16,20,23-24H,7,12-14H2,1-2H3,(H,26,27)/t16-,20-,22?/m0/s1. The van der Waals surface area contributed by atoms with Crippen LogP contribution in [0.1, 0.15) is 17.9 Å². The van der Waals surface area contributed by atoms with Crippen LogP contribution in [-0.4, -0.2) is 63.7 Å². The van der Waals surface area contributed by atoms with E-state index in [0.29, 0.717) is 18.0 Å². The first-order valence-corrected chi connectivity index (χ1v) is 11.7. The molecule has 31 heavy (non-hydrogen) atoms. The number of sulfonamides is 1. The van der Waals surface area contributed by atoms with Crippen LogP contribution in [0.5, 0.6) is 5.75 Å². The van der Waals surface area contributed by atoms with Crippen LogP contribution in [0.15, 0.2) is 53.4 Å². The fraction of sp³-hybridized carbons (Fsp3) is 0.409. The molecule has 3 N–H and O–H groups in total. The van der Waals surface area contributed by atoms with Gasteiger partial charge in [-0.05, 0) is 45.3 Å². The first-order valence-electron chi connectivity index (χ1n) is 10.2. The zero-order valence-electron chi connectivity index (χ0n) is 17.5. The van der Waals surface area contributed by atoms with Crippen LogP contribution in [0, 0.1) is 5.92 Å². The van der Waals surface area contributed by atoms with Crippen molar-refractivity contribution >= 4 is 21.7 Å².